The number of benzene rings is 1. The van der Waals surface area contributed by atoms with Crippen molar-refractivity contribution >= 4 is 22.9 Å². The van der Waals surface area contributed by atoms with Crippen molar-refractivity contribution in [2.45, 2.75) is 0 Å². The van der Waals surface area contributed by atoms with Gasteiger partial charge in [0.1, 0.15) is 4.99 Å². The smallest absolute Gasteiger partial charge is 0.103 e. The predicted octanol–water partition coefficient (Wildman–Crippen LogP) is 1.40. The third-order valence-corrected chi connectivity index (χ3v) is 2.46. The molecule has 0 aromatic heterocycles. The van der Waals surface area contributed by atoms with Crippen LogP contribution in [0.2, 0.25) is 0 Å². The molecule has 3 nitrogen and oxygen atoms in total. The summed E-state index contributed by atoms with van der Waals surface area (Å²) in [5.74, 6) is 0. The maximum Gasteiger partial charge on any atom is 0.103 e. The zero-order valence-electron chi connectivity index (χ0n) is 9.06. The maximum atomic E-state index is 5.52. The molecule has 0 atom stereocenters. The van der Waals surface area contributed by atoms with Crippen LogP contribution in [-0.4, -0.2) is 32.3 Å². The van der Waals surface area contributed by atoms with Crippen molar-refractivity contribution < 1.29 is 4.74 Å². The zero-order valence-corrected chi connectivity index (χ0v) is 9.88. The first kappa shape index (κ1) is 11.9. The topological polar surface area (TPSA) is 38.5 Å². The predicted molar refractivity (Wildman–Crippen MR) is 67.5 cm³/mol. The Morgan fingerprint density at radius 2 is 2.00 bits per heavy atom. The average Bonchev–Trinajstić information content (AvgIpc) is 2.26. The number of rotatable bonds is 5. The van der Waals surface area contributed by atoms with E-state index in [4.69, 9.17) is 22.7 Å². The molecule has 0 aliphatic rings. The number of anilines is 1. The van der Waals surface area contributed by atoms with Crippen LogP contribution in [0.1, 0.15) is 5.56 Å². The van der Waals surface area contributed by atoms with Crippen molar-refractivity contribution in [3.63, 3.8) is 0 Å². The quantitative estimate of drug-likeness (QED) is 0.767. The van der Waals surface area contributed by atoms with E-state index in [1.807, 2.05) is 31.3 Å². The van der Waals surface area contributed by atoms with Gasteiger partial charge in [-0.3, -0.25) is 0 Å². The Hall–Kier alpha value is -1.13. The summed E-state index contributed by atoms with van der Waals surface area (Å²) in [6, 6.07) is 7.87. The molecule has 0 spiro atoms. The van der Waals surface area contributed by atoms with Crippen LogP contribution in [0.4, 0.5) is 5.69 Å². The first-order valence-electron chi connectivity index (χ1n) is 4.75. The standard InChI is InChI=1S/C11H16N2OS/c1-13(7-8-14-2)10-5-3-9(4-6-10)11(12)15/h3-6H,7-8H2,1-2H3,(H2,12,15). The lowest BCUT2D eigenvalue weighted by molar-refractivity contribution is 0.206. The van der Waals surface area contributed by atoms with Crippen LogP contribution in [0.5, 0.6) is 0 Å². The van der Waals surface area contributed by atoms with Crippen LogP contribution in [-0.2, 0) is 4.74 Å². The Kier molecular flexibility index (Phi) is 4.52. The lowest BCUT2D eigenvalue weighted by atomic mass is 10.2. The number of thiocarbonyl (C=S) groups is 1. The molecule has 0 saturated heterocycles. The van der Waals surface area contributed by atoms with Gasteiger partial charge in [0.25, 0.3) is 0 Å². The summed E-state index contributed by atoms with van der Waals surface area (Å²) in [5.41, 5.74) is 7.55. The first-order valence-corrected chi connectivity index (χ1v) is 5.16. The van der Waals surface area contributed by atoms with Gasteiger partial charge in [-0.05, 0) is 24.3 Å². The second-order valence-electron chi connectivity index (χ2n) is 3.33. The molecule has 0 amide bonds. The van der Waals surface area contributed by atoms with Gasteiger partial charge in [0.05, 0.1) is 6.61 Å². The lowest BCUT2D eigenvalue weighted by Crippen LogP contribution is -2.22. The normalized spacial score (nSPS) is 10.0. The first-order chi connectivity index (χ1) is 7.15. The second-order valence-corrected chi connectivity index (χ2v) is 3.77. The summed E-state index contributed by atoms with van der Waals surface area (Å²) in [6.45, 7) is 1.58. The molecule has 4 heteroatoms. The van der Waals surface area contributed by atoms with E-state index < -0.39 is 0 Å². The highest BCUT2D eigenvalue weighted by atomic mass is 32.1. The number of methoxy groups -OCH3 is 1. The average molecular weight is 224 g/mol. The number of nitrogens with zero attached hydrogens (tertiary/aromatic N) is 1. The molecule has 0 aliphatic carbocycles. The Morgan fingerprint density at radius 1 is 1.40 bits per heavy atom. The molecule has 15 heavy (non-hydrogen) atoms. The molecular weight excluding hydrogens is 208 g/mol. The molecule has 1 rings (SSSR count). The minimum Gasteiger partial charge on any atom is -0.389 e. The maximum absolute atomic E-state index is 5.52. The highest BCUT2D eigenvalue weighted by Gasteiger charge is 2.01. The van der Waals surface area contributed by atoms with Crippen LogP contribution in [0.3, 0.4) is 0 Å². The number of hydrogen-bond donors (Lipinski definition) is 1. The summed E-state index contributed by atoms with van der Waals surface area (Å²) in [4.78, 5) is 2.55. The van der Waals surface area contributed by atoms with E-state index in [0.29, 0.717) is 11.6 Å². The fraction of sp³-hybridized carbons (Fsp3) is 0.364. The summed E-state index contributed by atoms with van der Waals surface area (Å²) >= 11 is 4.89. The zero-order chi connectivity index (χ0) is 11.3. The van der Waals surface area contributed by atoms with Crippen molar-refractivity contribution in [2.24, 2.45) is 5.73 Å². The van der Waals surface area contributed by atoms with Gasteiger partial charge in [0, 0.05) is 32.0 Å². The summed E-state index contributed by atoms with van der Waals surface area (Å²) in [5, 5.41) is 0. The van der Waals surface area contributed by atoms with Gasteiger partial charge in [0.2, 0.25) is 0 Å². The number of ether oxygens (including phenoxy) is 1. The Bertz CT molecular complexity index is 324. The molecule has 0 radical (unpaired) electrons. The highest BCUT2D eigenvalue weighted by Crippen LogP contribution is 2.13. The Labute approximate surface area is 95.8 Å². The van der Waals surface area contributed by atoms with Gasteiger partial charge in [-0.15, -0.1) is 0 Å². The third-order valence-electron chi connectivity index (χ3n) is 2.22. The van der Waals surface area contributed by atoms with Gasteiger partial charge in [0.15, 0.2) is 0 Å². The largest absolute Gasteiger partial charge is 0.389 e. The monoisotopic (exact) mass is 224 g/mol. The molecule has 0 fully saturated rings. The molecule has 0 saturated carbocycles. The fourth-order valence-corrected chi connectivity index (χ4v) is 1.37. The number of nitrogens with two attached hydrogens (primary N) is 1. The van der Waals surface area contributed by atoms with Crippen LogP contribution in [0.25, 0.3) is 0 Å². The molecule has 1 aromatic carbocycles. The van der Waals surface area contributed by atoms with Crippen molar-refractivity contribution in [3.05, 3.63) is 29.8 Å². The van der Waals surface area contributed by atoms with Gasteiger partial charge in [-0.2, -0.15) is 0 Å². The molecule has 1 aromatic rings. The van der Waals surface area contributed by atoms with Crippen molar-refractivity contribution in [3.8, 4) is 0 Å². The SMILES string of the molecule is COCCN(C)c1ccc(C(N)=S)cc1. The molecule has 0 unspecified atom stereocenters. The van der Waals surface area contributed by atoms with E-state index in [0.717, 1.165) is 17.8 Å². The van der Waals surface area contributed by atoms with Gasteiger partial charge in [-0.1, -0.05) is 12.2 Å². The van der Waals surface area contributed by atoms with Crippen molar-refractivity contribution in [2.75, 3.05) is 32.2 Å². The molecular formula is C11H16N2OS. The van der Waals surface area contributed by atoms with Crippen LogP contribution in [0, 0.1) is 0 Å². The van der Waals surface area contributed by atoms with Gasteiger partial charge in [-0.25, -0.2) is 0 Å². The minimum atomic E-state index is 0.432. The van der Waals surface area contributed by atoms with E-state index in [1.165, 1.54) is 0 Å². The summed E-state index contributed by atoms with van der Waals surface area (Å²) < 4.78 is 5.01. The minimum absolute atomic E-state index is 0.432. The molecule has 82 valence electrons. The van der Waals surface area contributed by atoms with E-state index in [1.54, 1.807) is 7.11 Å². The summed E-state index contributed by atoms with van der Waals surface area (Å²) in [6.07, 6.45) is 0. The molecule has 0 heterocycles. The van der Waals surface area contributed by atoms with Crippen LogP contribution < -0.4 is 10.6 Å². The Morgan fingerprint density at radius 3 is 2.47 bits per heavy atom. The molecule has 0 aliphatic heterocycles. The van der Waals surface area contributed by atoms with Crippen molar-refractivity contribution in [1.29, 1.82) is 0 Å². The second kappa shape index (κ2) is 5.68. The van der Waals surface area contributed by atoms with Gasteiger partial charge >= 0.3 is 0 Å². The van der Waals surface area contributed by atoms with E-state index in [2.05, 4.69) is 4.90 Å². The summed E-state index contributed by atoms with van der Waals surface area (Å²) in [7, 11) is 3.72. The molecule has 2 N–H and O–H groups in total. The van der Waals surface area contributed by atoms with Gasteiger partial charge < -0.3 is 15.4 Å². The number of hydrogen-bond acceptors (Lipinski definition) is 3. The third kappa shape index (κ3) is 3.49. The van der Waals surface area contributed by atoms with Crippen LogP contribution in [0.15, 0.2) is 24.3 Å². The van der Waals surface area contributed by atoms with E-state index in [-0.39, 0.29) is 0 Å². The van der Waals surface area contributed by atoms with E-state index in [9.17, 15) is 0 Å². The highest BCUT2D eigenvalue weighted by molar-refractivity contribution is 7.80. The van der Waals surface area contributed by atoms with Crippen molar-refractivity contribution in [1.82, 2.24) is 0 Å². The number of likely N-dealkylation sites (N-methyl/N-ethyl adjacent to an activating group) is 1. The fourth-order valence-electron chi connectivity index (χ4n) is 1.24. The molecule has 0 bridgehead atoms. The Balaban J connectivity index is 2.66. The van der Waals surface area contributed by atoms with E-state index >= 15 is 0 Å². The van der Waals surface area contributed by atoms with Crippen LogP contribution >= 0.6 is 12.2 Å². The lowest BCUT2D eigenvalue weighted by Gasteiger charge is -2.18.